The van der Waals surface area contributed by atoms with E-state index in [2.05, 4.69) is 5.32 Å². The molecule has 0 spiro atoms. The zero-order valence-corrected chi connectivity index (χ0v) is 24.8. The van der Waals surface area contributed by atoms with Gasteiger partial charge in [-0.2, -0.15) is 0 Å². The van der Waals surface area contributed by atoms with Crippen LogP contribution in [0.1, 0.15) is 51.2 Å². The number of hydrogen-bond donors (Lipinski definition) is 1. The second-order valence-corrected chi connectivity index (χ2v) is 12.3. The van der Waals surface area contributed by atoms with Gasteiger partial charge in [-0.25, -0.2) is 8.42 Å². The zero-order chi connectivity index (χ0) is 27.9. The fraction of sp³-hybridized carbons (Fsp3) is 0.462. The van der Waals surface area contributed by atoms with Gasteiger partial charge in [-0.1, -0.05) is 53.9 Å². The average molecular weight is 591 g/mol. The number of carbonyl (C=O) groups excluding carboxylic acids is 2. The lowest BCUT2D eigenvalue weighted by atomic mass is 10.1. The zero-order valence-electron chi connectivity index (χ0n) is 21.7. The van der Waals surface area contributed by atoms with E-state index in [1.807, 2.05) is 20.8 Å². The Kier molecular flexibility index (Phi) is 11.6. The summed E-state index contributed by atoms with van der Waals surface area (Å²) in [5.74, 6) is -0.522. The number of rotatable bonds is 12. The highest BCUT2D eigenvalue weighted by atomic mass is 35.5. The maximum absolute atomic E-state index is 13.5. The lowest BCUT2D eigenvalue weighted by Crippen LogP contribution is -2.50. The van der Waals surface area contributed by atoms with Crippen LogP contribution in [-0.2, 0) is 26.2 Å². The number of carbonyl (C=O) groups is 2. The van der Waals surface area contributed by atoms with Gasteiger partial charge in [0.25, 0.3) is 0 Å². The van der Waals surface area contributed by atoms with Crippen molar-refractivity contribution in [1.82, 2.24) is 10.2 Å². The van der Waals surface area contributed by atoms with Crippen LogP contribution < -0.4 is 9.62 Å². The Bertz CT molecular complexity index is 1220. The first kappa shape index (κ1) is 31.2. The lowest BCUT2D eigenvalue weighted by Gasteiger charge is -2.32. The third kappa shape index (κ3) is 8.77. The van der Waals surface area contributed by atoms with E-state index in [1.165, 1.54) is 9.21 Å². The van der Waals surface area contributed by atoms with Gasteiger partial charge in [0.05, 0.1) is 22.0 Å². The van der Waals surface area contributed by atoms with Gasteiger partial charge in [0.1, 0.15) is 6.04 Å². The summed E-state index contributed by atoms with van der Waals surface area (Å²) in [6.07, 6.45) is 1.81. The Morgan fingerprint density at radius 3 is 2.27 bits per heavy atom. The normalized spacial score (nSPS) is 12.4. The largest absolute Gasteiger partial charge is 0.352 e. The monoisotopic (exact) mass is 589 g/mol. The smallest absolute Gasteiger partial charge is 0.243 e. The SMILES string of the molecule is CCC(C(=O)NC(C)C)N(Cc1ccc(Cl)c(Cl)c1)C(=O)CCCN(c1cccc(Cl)c1C)S(C)(=O)=O. The third-order valence-electron chi connectivity index (χ3n) is 5.81. The van der Waals surface area contributed by atoms with E-state index in [0.29, 0.717) is 32.7 Å². The van der Waals surface area contributed by atoms with Crippen LogP contribution in [-0.4, -0.2) is 50.0 Å². The molecule has 2 rings (SSSR count). The molecule has 204 valence electrons. The first-order valence-electron chi connectivity index (χ1n) is 12.0. The van der Waals surface area contributed by atoms with Crippen molar-refractivity contribution in [2.75, 3.05) is 17.1 Å². The van der Waals surface area contributed by atoms with Gasteiger partial charge in [-0.3, -0.25) is 13.9 Å². The molecular formula is C26H34Cl3N3O4S. The molecule has 0 aliphatic heterocycles. The maximum Gasteiger partial charge on any atom is 0.243 e. The third-order valence-corrected chi connectivity index (χ3v) is 8.14. The Balaban J connectivity index is 2.28. The molecule has 0 heterocycles. The molecule has 1 atom stereocenters. The Morgan fingerprint density at radius 1 is 1.03 bits per heavy atom. The number of anilines is 1. The number of halogens is 3. The van der Waals surface area contributed by atoms with Gasteiger partial charge in [0, 0.05) is 30.6 Å². The van der Waals surface area contributed by atoms with Gasteiger partial charge >= 0.3 is 0 Å². The van der Waals surface area contributed by atoms with Crippen molar-refractivity contribution in [3.63, 3.8) is 0 Å². The van der Waals surface area contributed by atoms with Crippen LogP contribution >= 0.6 is 34.8 Å². The number of sulfonamides is 1. The topological polar surface area (TPSA) is 86.8 Å². The molecule has 2 amide bonds. The molecule has 0 saturated carbocycles. The molecule has 1 N–H and O–H groups in total. The molecule has 0 aliphatic rings. The van der Waals surface area contributed by atoms with Gasteiger partial charge in [0.2, 0.25) is 21.8 Å². The van der Waals surface area contributed by atoms with Crippen molar-refractivity contribution in [1.29, 1.82) is 0 Å². The highest BCUT2D eigenvalue weighted by molar-refractivity contribution is 7.92. The standard InChI is InChI=1S/C26H34Cl3N3O4S/c1-6-23(26(34)30-17(2)3)31(16-19-12-13-21(28)22(29)15-19)25(33)11-8-14-32(37(5,35)36)24-10-7-9-20(27)18(24)4/h7,9-10,12-13,15,17,23H,6,8,11,14,16H2,1-5H3,(H,30,34). The summed E-state index contributed by atoms with van der Waals surface area (Å²) in [5, 5.41) is 4.09. The average Bonchev–Trinajstić information content (AvgIpc) is 2.79. The summed E-state index contributed by atoms with van der Waals surface area (Å²) in [5.41, 5.74) is 1.84. The Morgan fingerprint density at radius 2 is 1.70 bits per heavy atom. The van der Waals surface area contributed by atoms with Crippen molar-refractivity contribution in [3.8, 4) is 0 Å². The molecule has 2 aromatic carbocycles. The molecule has 0 aliphatic carbocycles. The van der Waals surface area contributed by atoms with Crippen LogP contribution in [0.2, 0.25) is 15.1 Å². The van der Waals surface area contributed by atoms with Crippen molar-refractivity contribution >= 4 is 62.3 Å². The van der Waals surface area contributed by atoms with E-state index in [9.17, 15) is 18.0 Å². The van der Waals surface area contributed by atoms with Crippen LogP contribution in [0.4, 0.5) is 5.69 Å². The number of hydrogen-bond acceptors (Lipinski definition) is 4. The van der Waals surface area contributed by atoms with Gasteiger partial charge in [-0.05, 0) is 69.0 Å². The first-order chi connectivity index (χ1) is 17.3. The molecule has 1 unspecified atom stereocenters. The van der Waals surface area contributed by atoms with Crippen molar-refractivity contribution in [2.45, 2.75) is 65.6 Å². The Hall–Kier alpha value is -2.00. The highest BCUT2D eigenvalue weighted by Crippen LogP contribution is 2.29. The summed E-state index contributed by atoms with van der Waals surface area (Å²) < 4.78 is 26.4. The van der Waals surface area contributed by atoms with Crippen LogP contribution in [0.25, 0.3) is 0 Å². The van der Waals surface area contributed by atoms with Gasteiger partial charge < -0.3 is 10.2 Å². The van der Waals surface area contributed by atoms with Crippen molar-refractivity contribution < 1.29 is 18.0 Å². The van der Waals surface area contributed by atoms with Crippen LogP contribution in [0.5, 0.6) is 0 Å². The molecule has 2 aromatic rings. The number of nitrogens with zero attached hydrogens (tertiary/aromatic N) is 2. The van der Waals surface area contributed by atoms with Crippen LogP contribution in [0.3, 0.4) is 0 Å². The van der Waals surface area contributed by atoms with E-state index in [0.717, 1.165) is 11.8 Å². The minimum atomic E-state index is -3.62. The molecule has 0 bridgehead atoms. The summed E-state index contributed by atoms with van der Waals surface area (Å²) in [6, 6.07) is 9.35. The molecule has 0 fully saturated rings. The quantitative estimate of drug-likeness (QED) is 0.337. The molecule has 0 aromatic heterocycles. The van der Waals surface area contributed by atoms with Gasteiger partial charge in [0.15, 0.2) is 0 Å². The minimum absolute atomic E-state index is 0.0401. The van der Waals surface area contributed by atoms with Gasteiger partial charge in [-0.15, -0.1) is 0 Å². The second-order valence-electron chi connectivity index (χ2n) is 9.18. The summed E-state index contributed by atoms with van der Waals surface area (Å²) in [6.45, 7) is 7.54. The molecule has 37 heavy (non-hydrogen) atoms. The van der Waals surface area contributed by atoms with E-state index in [1.54, 1.807) is 43.3 Å². The van der Waals surface area contributed by atoms with E-state index in [4.69, 9.17) is 34.8 Å². The molecule has 0 saturated heterocycles. The number of benzene rings is 2. The minimum Gasteiger partial charge on any atom is -0.352 e. The second kappa shape index (κ2) is 13.7. The predicted octanol–water partition coefficient (Wildman–Crippen LogP) is 5.83. The fourth-order valence-corrected chi connectivity index (χ4v) is 5.49. The van der Waals surface area contributed by atoms with Crippen molar-refractivity contribution in [3.05, 3.63) is 62.6 Å². The van der Waals surface area contributed by atoms with Crippen molar-refractivity contribution in [2.24, 2.45) is 0 Å². The number of nitrogens with one attached hydrogen (secondary N) is 1. The van der Waals surface area contributed by atoms with E-state index < -0.39 is 16.1 Å². The summed E-state index contributed by atoms with van der Waals surface area (Å²) in [4.78, 5) is 28.0. The molecule has 0 radical (unpaired) electrons. The van der Waals surface area contributed by atoms with Crippen LogP contribution in [0, 0.1) is 6.92 Å². The van der Waals surface area contributed by atoms with E-state index >= 15 is 0 Å². The summed E-state index contributed by atoms with van der Waals surface area (Å²) >= 11 is 18.4. The molecular weight excluding hydrogens is 557 g/mol. The fourth-order valence-electron chi connectivity index (χ4n) is 3.98. The van der Waals surface area contributed by atoms with Crippen LogP contribution in [0.15, 0.2) is 36.4 Å². The highest BCUT2D eigenvalue weighted by Gasteiger charge is 2.29. The summed E-state index contributed by atoms with van der Waals surface area (Å²) in [7, 11) is -3.62. The number of amides is 2. The van der Waals surface area contributed by atoms with E-state index in [-0.39, 0.29) is 43.8 Å². The molecule has 11 heteroatoms. The Labute approximate surface area is 235 Å². The molecule has 7 nitrogen and oxygen atoms in total. The first-order valence-corrected chi connectivity index (χ1v) is 15.0. The lowest BCUT2D eigenvalue weighted by molar-refractivity contribution is -0.141. The maximum atomic E-state index is 13.5. The predicted molar refractivity (Wildman–Crippen MR) is 152 cm³/mol.